The number of carbonyl (C=O) groups excluding carboxylic acids is 2. The van der Waals surface area contributed by atoms with Crippen molar-refractivity contribution in [3.63, 3.8) is 0 Å². The van der Waals surface area contributed by atoms with Crippen molar-refractivity contribution in [1.82, 2.24) is 10.2 Å². The molecule has 0 radical (unpaired) electrons. The fourth-order valence-corrected chi connectivity index (χ4v) is 3.01. The summed E-state index contributed by atoms with van der Waals surface area (Å²) in [5.74, 6) is -0.258. The number of amides is 2. The fourth-order valence-electron chi connectivity index (χ4n) is 3.01. The van der Waals surface area contributed by atoms with Crippen molar-refractivity contribution in [1.29, 1.82) is 0 Å². The summed E-state index contributed by atoms with van der Waals surface area (Å²) in [6, 6.07) is 4.47. The van der Waals surface area contributed by atoms with Crippen molar-refractivity contribution in [3.8, 4) is 5.75 Å². The van der Waals surface area contributed by atoms with E-state index >= 15 is 0 Å². The second kappa shape index (κ2) is 12.1. The predicted molar refractivity (Wildman–Crippen MR) is 107 cm³/mol. The van der Waals surface area contributed by atoms with Crippen LogP contribution in [0.4, 0.5) is 13.6 Å². The Balaban J connectivity index is 1.59. The molecule has 1 aliphatic heterocycles. The van der Waals surface area contributed by atoms with Gasteiger partial charge in [0.2, 0.25) is 5.91 Å². The Hall–Kier alpha value is -2.68. The topological polar surface area (TPSA) is 77.1 Å². The van der Waals surface area contributed by atoms with Gasteiger partial charge in [0, 0.05) is 12.6 Å². The monoisotopic (exact) mass is 426 g/mol. The van der Waals surface area contributed by atoms with Crippen LogP contribution in [0.2, 0.25) is 0 Å². The lowest BCUT2D eigenvalue weighted by atomic mass is 10.1. The van der Waals surface area contributed by atoms with Crippen molar-refractivity contribution in [2.24, 2.45) is 0 Å². The molecule has 7 nitrogen and oxygen atoms in total. The Kier molecular flexibility index (Phi) is 9.53. The Morgan fingerprint density at radius 3 is 2.83 bits per heavy atom. The van der Waals surface area contributed by atoms with Gasteiger partial charge in [0.05, 0.1) is 26.3 Å². The van der Waals surface area contributed by atoms with E-state index in [-0.39, 0.29) is 45.3 Å². The second-order valence-corrected chi connectivity index (χ2v) is 6.80. The van der Waals surface area contributed by atoms with E-state index in [1.807, 2.05) is 6.92 Å². The van der Waals surface area contributed by atoms with Gasteiger partial charge in [0.15, 0.2) is 12.3 Å². The Bertz CT molecular complexity index is 731. The predicted octanol–water partition coefficient (Wildman–Crippen LogP) is 2.63. The highest BCUT2D eigenvalue weighted by atomic mass is 19.1. The number of benzene rings is 1. The lowest BCUT2D eigenvalue weighted by molar-refractivity contribution is -0.125. The van der Waals surface area contributed by atoms with Crippen LogP contribution in [0.25, 0.3) is 0 Å². The highest BCUT2D eigenvalue weighted by molar-refractivity contribution is 5.87. The number of nitrogens with zero attached hydrogens (tertiary/aromatic N) is 1. The molecule has 1 N–H and O–H groups in total. The molecule has 1 aromatic rings. The van der Waals surface area contributed by atoms with Crippen molar-refractivity contribution < 1.29 is 32.6 Å². The standard InChI is InChI=1S/C21H28F2N2O5/c1-3-5-15-6-7-16(22)12-18(15)29-11-10-28-9-8-24-21(27)30-19-14-25(13-17(19)23)20(26)4-2/h4,6-7,12,17,19H,2-3,5,8-11,13-14H2,1H3,(H,24,27)/t17-,19+/m0/s1. The summed E-state index contributed by atoms with van der Waals surface area (Å²) in [5, 5.41) is 2.46. The molecule has 166 valence electrons. The van der Waals surface area contributed by atoms with Crippen LogP contribution >= 0.6 is 0 Å². The van der Waals surface area contributed by atoms with E-state index in [0.29, 0.717) is 5.75 Å². The summed E-state index contributed by atoms with van der Waals surface area (Å²) in [6.45, 7) is 6.11. The Morgan fingerprint density at radius 2 is 2.10 bits per heavy atom. The highest BCUT2D eigenvalue weighted by Gasteiger charge is 2.37. The third kappa shape index (κ3) is 7.29. The molecule has 1 saturated heterocycles. The van der Waals surface area contributed by atoms with Gasteiger partial charge in [-0.1, -0.05) is 26.0 Å². The van der Waals surface area contributed by atoms with Crippen LogP contribution in [0.1, 0.15) is 18.9 Å². The average Bonchev–Trinajstić information content (AvgIpc) is 3.08. The van der Waals surface area contributed by atoms with Gasteiger partial charge >= 0.3 is 6.09 Å². The number of ether oxygens (including phenoxy) is 3. The third-order valence-electron chi connectivity index (χ3n) is 4.49. The van der Waals surface area contributed by atoms with E-state index in [0.717, 1.165) is 24.5 Å². The minimum atomic E-state index is -1.44. The van der Waals surface area contributed by atoms with Gasteiger partial charge in [-0.3, -0.25) is 4.79 Å². The van der Waals surface area contributed by atoms with Gasteiger partial charge in [0.25, 0.3) is 0 Å². The van der Waals surface area contributed by atoms with Gasteiger partial charge in [-0.25, -0.2) is 13.6 Å². The van der Waals surface area contributed by atoms with Crippen LogP contribution in [0.5, 0.6) is 5.75 Å². The molecule has 2 amide bonds. The van der Waals surface area contributed by atoms with E-state index in [1.165, 1.54) is 17.0 Å². The van der Waals surface area contributed by atoms with Crippen molar-refractivity contribution >= 4 is 12.0 Å². The lowest BCUT2D eigenvalue weighted by Crippen LogP contribution is -2.35. The van der Waals surface area contributed by atoms with E-state index in [1.54, 1.807) is 6.07 Å². The maximum Gasteiger partial charge on any atom is 0.407 e. The first-order valence-electron chi connectivity index (χ1n) is 9.93. The van der Waals surface area contributed by atoms with E-state index in [2.05, 4.69) is 11.9 Å². The number of alkyl carbamates (subject to hydrolysis) is 1. The Labute approximate surface area is 175 Å². The molecule has 30 heavy (non-hydrogen) atoms. The molecule has 1 fully saturated rings. The summed E-state index contributed by atoms with van der Waals surface area (Å²) < 4.78 is 43.2. The number of likely N-dealkylation sites (tertiary alicyclic amines) is 1. The molecule has 0 unspecified atom stereocenters. The van der Waals surface area contributed by atoms with Gasteiger partial charge in [-0.15, -0.1) is 0 Å². The van der Waals surface area contributed by atoms with Gasteiger partial charge in [0.1, 0.15) is 18.2 Å². The summed E-state index contributed by atoms with van der Waals surface area (Å²) in [6.07, 6.45) is -0.412. The number of carbonyl (C=O) groups is 2. The molecule has 9 heteroatoms. The smallest absolute Gasteiger partial charge is 0.407 e. The van der Waals surface area contributed by atoms with Crippen molar-refractivity contribution in [2.75, 3.05) is 39.5 Å². The number of hydrogen-bond acceptors (Lipinski definition) is 5. The molecular weight excluding hydrogens is 398 g/mol. The number of halogens is 2. The maximum atomic E-state index is 13.9. The molecule has 0 spiro atoms. The van der Waals surface area contributed by atoms with Crippen LogP contribution in [0, 0.1) is 5.82 Å². The summed E-state index contributed by atoms with van der Waals surface area (Å²) in [5.41, 5.74) is 0.940. The number of nitrogens with one attached hydrogen (secondary N) is 1. The van der Waals surface area contributed by atoms with Gasteiger partial charge < -0.3 is 24.4 Å². The van der Waals surface area contributed by atoms with Crippen LogP contribution < -0.4 is 10.1 Å². The molecule has 1 heterocycles. The van der Waals surface area contributed by atoms with E-state index in [9.17, 15) is 18.4 Å². The minimum absolute atomic E-state index is 0.00657. The summed E-state index contributed by atoms with van der Waals surface area (Å²) in [7, 11) is 0. The SMILES string of the molecule is C=CC(=O)N1C[C@H](F)[C@H](OC(=O)NCCOCCOc2cc(F)ccc2CCC)C1. The number of rotatable bonds is 11. The minimum Gasteiger partial charge on any atom is -0.491 e. The molecule has 0 aliphatic carbocycles. The molecule has 1 aliphatic rings. The first-order chi connectivity index (χ1) is 14.4. The number of alkyl halides is 1. The average molecular weight is 426 g/mol. The van der Waals surface area contributed by atoms with Gasteiger partial charge in [-0.05, 0) is 24.1 Å². The van der Waals surface area contributed by atoms with E-state index < -0.39 is 24.3 Å². The lowest BCUT2D eigenvalue weighted by Gasteiger charge is -2.15. The first-order valence-corrected chi connectivity index (χ1v) is 9.93. The van der Waals surface area contributed by atoms with Crippen LogP contribution in [0.3, 0.4) is 0 Å². The summed E-state index contributed by atoms with van der Waals surface area (Å²) in [4.78, 5) is 24.5. The Morgan fingerprint density at radius 1 is 1.30 bits per heavy atom. The molecule has 0 aromatic heterocycles. The quantitative estimate of drug-likeness (QED) is 0.435. The molecule has 0 saturated carbocycles. The number of hydrogen-bond donors (Lipinski definition) is 1. The number of aryl methyl sites for hydroxylation is 1. The zero-order chi connectivity index (χ0) is 21.9. The molecule has 1 aromatic carbocycles. The van der Waals surface area contributed by atoms with Crippen molar-refractivity contribution in [2.45, 2.75) is 32.0 Å². The normalized spacial score (nSPS) is 18.2. The molecule has 2 atom stereocenters. The fraction of sp³-hybridized carbons (Fsp3) is 0.524. The first kappa shape index (κ1) is 23.6. The zero-order valence-corrected chi connectivity index (χ0v) is 17.1. The molecule has 0 bridgehead atoms. The van der Waals surface area contributed by atoms with Crippen LogP contribution in [0.15, 0.2) is 30.9 Å². The van der Waals surface area contributed by atoms with Crippen LogP contribution in [-0.2, 0) is 20.7 Å². The molecule has 2 rings (SSSR count). The van der Waals surface area contributed by atoms with E-state index in [4.69, 9.17) is 14.2 Å². The second-order valence-electron chi connectivity index (χ2n) is 6.80. The maximum absolute atomic E-state index is 13.9. The van der Waals surface area contributed by atoms with Gasteiger partial charge in [-0.2, -0.15) is 0 Å². The largest absolute Gasteiger partial charge is 0.491 e. The zero-order valence-electron chi connectivity index (χ0n) is 17.1. The van der Waals surface area contributed by atoms with Crippen molar-refractivity contribution in [3.05, 3.63) is 42.2 Å². The highest BCUT2D eigenvalue weighted by Crippen LogP contribution is 2.21. The third-order valence-corrected chi connectivity index (χ3v) is 4.49. The molecular formula is C21H28F2N2O5. The van der Waals surface area contributed by atoms with Crippen LogP contribution in [-0.4, -0.2) is 68.6 Å². The summed E-state index contributed by atoms with van der Waals surface area (Å²) >= 11 is 0.